The summed E-state index contributed by atoms with van der Waals surface area (Å²) in [6.45, 7) is 0. The van der Waals surface area contributed by atoms with E-state index in [-0.39, 0.29) is 5.91 Å². The molecular formula is C15H11ClN2O2S2. The van der Waals surface area contributed by atoms with Gasteiger partial charge in [0.25, 0.3) is 5.91 Å². The molecule has 0 bridgehead atoms. The minimum atomic E-state index is -0.209. The predicted octanol–water partition coefficient (Wildman–Crippen LogP) is 3.67. The molecule has 7 heteroatoms. The Hall–Kier alpha value is -1.89. The Morgan fingerprint density at radius 2 is 2.23 bits per heavy atom. The van der Waals surface area contributed by atoms with Crippen molar-refractivity contribution >= 4 is 57.9 Å². The number of thiophene rings is 1. The second-order valence-electron chi connectivity index (χ2n) is 4.46. The summed E-state index contributed by atoms with van der Waals surface area (Å²) in [6, 6.07) is 8.96. The van der Waals surface area contributed by atoms with Crippen molar-refractivity contribution in [2.75, 3.05) is 12.0 Å². The second kappa shape index (κ2) is 6.08. The number of thiocarbonyl (C=S) groups is 1. The Morgan fingerprint density at radius 1 is 1.41 bits per heavy atom. The van der Waals surface area contributed by atoms with Crippen molar-refractivity contribution in [3.05, 3.63) is 51.3 Å². The fraction of sp³-hybridized carbons (Fsp3) is 0.0667. The van der Waals surface area contributed by atoms with Gasteiger partial charge in [0.1, 0.15) is 11.4 Å². The van der Waals surface area contributed by atoms with Gasteiger partial charge in [-0.25, -0.2) is 0 Å². The molecule has 112 valence electrons. The van der Waals surface area contributed by atoms with Crippen LogP contribution in [0.15, 0.2) is 41.4 Å². The minimum Gasteiger partial charge on any atom is -0.495 e. The first-order valence-corrected chi connectivity index (χ1v) is 8.01. The third kappa shape index (κ3) is 2.72. The number of carbonyl (C=O) groups is 1. The molecule has 1 aliphatic heterocycles. The van der Waals surface area contributed by atoms with Crippen LogP contribution in [0.4, 0.5) is 5.69 Å². The zero-order valence-corrected chi connectivity index (χ0v) is 13.9. The molecule has 1 N–H and O–H groups in total. The zero-order valence-electron chi connectivity index (χ0n) is 11.5. The number of anilines is 1. The van der Waals surface area contributed by atoms with Gasteiger partial charge in [0.2, 0.25) is 0 Å². The van der Waals surface area contributed by atoms with Crippen LogP contribution < -0.4 is 15.0 Å². The Morgan fingerprint density at radius 3 is 2.86 bits per heavy atom. The van der Waals surface area contributed by atoms with Crippen molar-refractivity contribution in [2.24, 2.45) is 0 Å². The Balaban J connectivity index is 1.93. The zero-order chi connectivity index (χ0) is 15.7. The maximum atomic E-state index is 12.5. The van der Waals surface area contributed by atoms with Crippen molar-refractivity contribution in [1.82, 2.24) is 5.32 Å². The summed E-state index contributed by atoms with van der Waals surface area (Å²) in [4.78, 5) is 14.9. The van der Waals surface area contributed by atoms with Crippen molar-refractivity contribution in [3.63, 3.8) is 0 Å². The van der Waals surface area contributed by atoms with Crippen molar-refractivity contribution in [1.29, 1.82) is 0 Å². The third-order valence-corrected chi connectivity index (χ3v) is 4.50. The topological polar surface area (TPSA) is 41.6 Å². The highest BCUT2D eigenvalue weighted by atomic mass is 35.5. The lowest BCUT2D eigenvalue weighted by Gasteiger charge is -2.15. The van der Waals surface area contributed by atoms with Gasteiger partial charge in [-0.1, -0.05) is 17.7 Å². The molecule has 2 aromatic rings. The standard InChI is InChI=1S/C15H11ClN2O2S2/c1-20-13-5-4-9(7-11(13)16)18-14(19)12(17-15(18)21)8-10-3-2-6-22-10/h2-8H,1H3,(H,17,21)/b12-8+. The molecule has 1 aliphatic rings. The van der Waals surface area contributed by atoms with Crippen molar-refractivity contribution < 1.29 is 9.53 Å². The molecular weight excluding hydrogens is 340 g/mol. The van der Waals surface area contributed by atoms with Crippen LogP contribution in [0.25, 0.3) is 6.08 Å². The number of nitrogens with one attached hydrogen (secondary N) is 1. The largest absolute Gasteiger partial charge is 0.495 e. The first-order chi connectivity index (χ1) is 10.6. The van der Waals surface area contributed by atoms with E-state index < -0.39 is 0 Å². The van der Waals surface area contributed by atoms with Gasteiger partial charge in [-0.15, -0.1) is 11.3 Å². The maximum absolute atomic E-state index is 12.5. The fourth-order valence-corrected chi connectivity index (χ4v) is 3.29. The lowest BCUT2D eigenvalue weighted by Crippen LogP contribution is -2.30. The van der Waals surface area contributed by atoms with Crippen LogP contribution in [0.2, 0.25) is 5.02 Å². The fourth-order valence-electron chi connectivity index (χ4n) is 2.08. The molecule has 0 aliphatic carbocycles. The number of halogens is 1. The van der Waals surface area contributed by atoms with Gasteiger partial charge in [0.05, 0.1) is 17.8 Å². The molecule has 0 atom stereocenters. The van der Waals surface area contributed by atoms with E-state index in [1.54, 1.807) is 35.6 Å². The molecule has 4 nitrogen and oxygen atoms in total. The SMILES string of the molecule is COc1ccc(N2C(=O)/C(=C\c3cccs3)NC2=S)cc1Cl. The smallest absolute Gasteiger partial charge is 0.281 e. The quantitative estimate of drug-likeness (QED) is 0.677. The van der Waals surface area contributed by atoms with Gasteiger partial charge in [-0.2, -0.15) is 0 Å². The highest BCUT2D eigenvalue weighted by Gasteiger charge is 2.32. The normalized spacial score (nSPS) is 16.3. The lowest BCUT2D eigenvalue weighted by molar-refractivity contribution is -0.113. The first-order valence-electron chi connectivity index (χ1n) is 6.34. The maximum Gasteiger partial charge on any atom is 0.281 e. The van der Waals surface area contributed by atoms with Gasteiger partial charge >= 0.3 is 0 Å². The lowest BCUT2D eigenvalue weighted by atomic mass is 10.2. The highest BCUT2D eigenvalue weighted by Crippen LogP contribution is 2.31. The summed E-state index contributed by atoms with van der Waals surface area (Å²) in [5.74, 6) is 0.338. The first kappa shape index (κ1) is 15.0. The number of rotatable bonds is 3. The molecule has 0 saturated carbocycles. The average molecular weight is 351 g/mol. The summed E-state index contributed by atoms with van der Waals surface area (Å²) in [7, 11) is 1.54. The monoisotopic (exact) mass is 350 g/mol. The van der Waals surface area contributed by atoms with Crippen LogP contribution in [0, 0.1) is 0 Å². The summed E-state index contributed by atoms with van der Waals surface area (Å²) >= 11 is 12.9. The van der Waals surface area contributed by atoms with Crippen molar-refractivity contribution in [2.45, 2.75) is 0 Å². The predicted molar refractivity (Wildman–Crippen MR) is 93.5 cm³/mol. The number of nitrogens with zero attached hydrogens (tertiary/aromatic N) is 1. The molecule has 2 heterocycles. The molecule has 1 saturated heterocycles. The van der Waals surface area contributed by atoms with Crippen LogP contribution in [-0.2, 0) is 4.79 Å². The van der Waals surface area contributed by atoms with E-state index in [1.807, 2.05) is 17.5 Å². The van der Waals surface area contributed by atoms with E-state index in [0.717, 1.165) is 4.88 Å². The number of methoxy groups -OCH3 is 1. The Labute approximate surface area is 142 Å². The van der Waals surface area contributed by atoms with Crippen molar-refractivity contribution in [3.8, 4) is 5.75 Å². The number of hydrogen-bond donors (Lipinski definition) is 1. The van der Waals surface area contributed by atoms with Crippen LogP contribution >= 0.6 is 35.2 Å². The average Bonchev–Trinajstić information content (AvgIpc) is 3.08. The Kier molecular flexibility index (Phi) is 4.15. The van der Waals surface area contributed by atoms with Gasteiger partial charge in [0.15, 0.2) is 5.11 Å². The van der Waals surface area contributed by atoms with Crippen LogP contribution in [-0.4, -0.2) is 18.1 Å². The van der Waals surface area contributed by atoms with Gasteiger partial charge in [0, 0.05) is 4.88 Å². The summed E-state index contributed by atoms with van der Waals surface area (Å²) in [5, 5.41) is 5.64. The van der Waals surface area contributed by atoms with Crippen LogP contribution in [0.1, 0.15) is 4.88 Å². The molecule has 0 unspecified atom stereocenters. The second-order valence-corrected chi connectivity index (χ2v) is 6.24. The van der Waals surface area contributed by atoms with Crippen LogP contribution in [0.5, 0.6) is 5.75 Å². The number of hydrogen-bond acceptors (Lipinski definition) is 4. The third-order valence-electron chi connectivity index (χ3n) is 3.10. The number of ether oxygens (including phenoxy) is 1. The van der Waals surface area contributed by atoms with E-state index in [0.29, 0.717) is 27.3 Å². The van der Waals surface area contributed by atoms with E-state index in [1.165, 1.54) is 12.0 Å². The van der Waals surface area contributed by atoms with Crippen LogP contribution in [0.3, 0.4) is 0 Å². The van der Waals surface area contributed by atoms with Gasteiger partial charge in [-0.05, 0) is 47.9 Å². The molecule has 1 fully saturated rings. The van der Waals surface area contributed by atoms with Gasteiger partial charge < -0.3 is 10.1 Å². The molecule has 1 aromatic carbocycles. The molecule has 0 spiro atoms. The molecule has 22 heavy (non-hydrogen) atoms. The number of benzene rings is 1. The van der Waals surface area contributed by atoms with E-state index in [2.05, 4.69) is 5.32 Å². The Bertz CT molecular complexity index is 772. The molecule has 1 aromatic heterocycles. The summed E-state index contributed by atoms with van der Waals surface area (Å²) < 4.78 is 5.11. The molecule has 3 rings (SSSR count). The summed E-state index contributed by atoms with van der Waals surface area (Å²) in [5.41, 5.74) is 1.04. The number of carbonyl (C=O) groups excluding carboxylic acids is 1. The van der Waals surface area contributed by atoms with E-state index in [4.69, 9.17) is 28.6 Å². The molecule has 1 amide bonds. The van der Waals surface area contributed by atoms with Gasteiger partial charge in [-0.3, -0.25) is 9.69 Å². The minimum absolute atomic E-state index is 0.209. The highest BCUT2D eigenvalue weighted by molar-refractivity contribution is 7.80. The van der Waals surface area contributed by atoms with E-state index >= 15 is 0 Å². The molecule has 0 radical (unpaired) electrons. The van der Waals surface area contributed by atoms with E-state index in [9.17, 15) is 4.79 Å². The summed E-state index contributed by atoms with van der Waals surface area (Å²) in [6.07, 6.45) is 1.78. The number of amides is 1.